The lowest BCUT2D eigenvalue weighted by Gasteiger charge is -2.11. The van der Waals surface area contributed by atoms with Gasteiger partial charge in [-0.25, -0.2) is 0 Å². The number of hydrogen-bond donors (Lipinski definition) is 1. The molecule has 0 aromatic rings. The zero-order chi connectivity index (χ0) is 10.6. The lowest BCUT2D eigenvalue weighted by atomic mass is 9.97. The molecular formula is C10H18ClNO3. The summed E-state index contributed by atoms with van der Waals surface area (Å²) in [5.74, 6) is -0.262. The second kappa shape index (κ2) is 6.80. The average Bonchev–Trinajstić information content (AvgIpc) is 2.69. The predicted octanol–water partition coefficient (Wildman–Crippen LogP) is 1.06. The van der Waals surface area contributed by atoms with Gasteiger partial charge >= 0.3 is 5.97 Å². The van der Waals surface area contributed by atoms with Gasteiger partial charge in [-0.05, 0) is 12.8 Å². The molecule has 1 unspecified atom stereocenters. The molecule has 0 aromatic carbocycles. The quantitative estimate of drug-likeness (QED) is 0.740. The van der Waals surface area contributed by atoms with Crippen LogP contribution in [0.2, 0.25) is 0 Å². The van der Waals surface area contributed by atoms with Crippen LogP contribution in [0.15, 0.2) is 0 Å². The zero-order valence-corrected chi connectivity index (χ0v) is 9.72. The van der Waals surface area contributed by atoms with Crippen LogP contribution in [0.25, 0.3) is 0 Å². The van der Waals surface area contributed by atoms with Gasteiger partial charge in [-0.15, -0.1) is 12.4 Å². The van der Waals surface area contributed by atoms with E-state index < -0.39 is 12.0 Å². The Bertz CT molecular complexity index is 227. The van der Waals surface area contributed by atoms with Crippen molar-refractivity contribution in [3.05, 3.63) is 0 Å². The first-order valence-electron chi connectivity index (χ1n) is 5.01. The number of ether oxygens (including phenoxy) is 1. The Hall–Kier alpha value is -0.610. The van der Waals surface area contributed by atoms with Gasteiger partial charge in [-0.2, -0.15) is 0 Å². The van der Waals surface area contributed by atoms with E-state index in [0.717, 1.165) is 25.7 Å². The van der Waals surface area contributed by atoms with Crippen LogP contribution in [0.4, 0.5) is 0 Å². The Labute approximate surface area is 95.9 Å². The van der Waals surface area contributed by atoms with E-state index in [1.807, 2.05) is 0 Å². The highest BCUT2D eigenvalue weighted by molar-refractivity contribution is 5.87. The number of methoxy groups -OCH3 is 1. The summed E-state index contributed by atoms with van der Waals surface area (Å²) in [6, 6.07) is -0.784. The molecule has 0 amide bonds. The van der Waals surface area contributed by atoms with E-state index in [1.165, 1.54) is 7.11 Å². The second-order valence-corrected chi connectivity index (χ2v) is 3.78. The highest BCUT2D eigenvalue weighted by Gasteiger charge is 2.26. The van der Waals surface area contributed by atoms with Crippen molar-refractivity contribution in [1.29, 1.82) is 0 Å². The number of Topliss-reactive ketones (excluding diaryl/α,β-unsaturated/α-hetero) is 1. The maximum atomic E-state index is 11.6. The molecule has 1 saturated carbocycles. The SMILES string of the molecule is COC(=O)C(N)CC(=O)C1CCCC1.Cl. The third kappa shape index (κ3) is 4.18. The summed E-state index contributed by atoms with van der Waals surface area (Å²) >= 11 is 0. The molecule has 88 valence electrons. The van der Waals surface area contributed by atoms with Crippen molar-refractivity contribution in [2.24, 2.45) is 11.7 Å². The Kier molecular flexibility index (Phi) is 6.52. The molecule has 15 heavy (non-hydrogen) atoms. The first-order valence-corrected chi connectivity index (χ1v) is 5.01. The van der Waals surface area contributed by atoms with Crippen LogP contribution in [0.1, 0.15) is 32.1 Å². The summed E-state index contributed by atoms with van der Waals surface area (Å²) < 4.78 is 4.46. The minimum atomic E-state index is -0.784. The molecule has 1 aliphatic rings. The third-order valence-corrected chi connectivity index (χ3v) is 2.74. The number of nitrogens with two attached hydrogens (primary N) is 1. The second-order valence-electron chi connectivity index (χ2n) is 3.78. The highest BCUT2D eigenvalue weighted by Crippen LogP contribution is 2.26. The predicted molar refractivity (Wildman–Crippen MR) is 58.8 cm³/mol. The largest absolute Gasteiger partial charge is 0.468 e. The smallest absolute Gasteiger partial charge is 0.323 e. The molecule has 0 aromatic heterocycles. The number of carbonyl (C=O) groups excluding carboxylic acids is 2. The van der Waals surface area contributed by atoms with E-state index in [4.69, 9.17) is 5.73 Å². The van der Waals surface area contributed by atoms with Crippen LogP contribution in [0, 0.1) is 5.92 Å². The molecule has 4 nitrogen and oxygen atoms in total. The maximum absolute atomic E-state index is 11.6. The van der Waals surface area contributed by atoms with Gasteiger partial charge < -0.3 is 10.5 Å². The highest BCUT2D eigenvalue weighted by atomic mass is 35.5. The van der Waals surface area contributed by atoms with Crippen molar-refractivity contribution in [3.63, 3.8) is 0 Å². The number of hydrogen-bond acceptors (Lipinski definition) is 4. The lowest BCUT2D eigenvalue weighted by molar-refractivity contribution is -0.143. The molecule has 0 bridgehead atoms. The van der Waals surface area contributed by atoms with Gasteiger partial charge in [0.1, 0.15) is 11.8 Å². The van der Waals surface area contributed by atoms with Gasteiger partial charge in [-0.3, -0.25) is 9.59 Å². The van der Waals surface area contributed by atoms with Crippen LogP contribution in [-0.4, -0.2) is 24.9 Å². The summed E-state index contributed by atoms with van der Waals surface area (Å²) in [6.07, 6.45) is 4.25. The summed E-state index contributed by atoms with van der Waals surface area (Å²) in [7, 11) is 1.28. The molecule has 1 fully saturated rings. The number of halogens is 1. The molecule has 5 heteroatoms. The van der Waals surface area contributed by atoms with Crippen molar-refractivity contribution in [2.45, 2.75) is 38.1 Å². The minimum Gasteiger partial charge on any atom is -0.468 e. The Morgan fingerprint density at radius 2 is 1.93 bits per heavy atom. The molecule has 1 aliphatic carbocycles. The molecule has 0 spiro atoms. The van der Waals surface area contributed by atoms with Gasteiger partial charge in [0.2, 0.25) is 0 Å². The number of carbonyl (C=O) groups is 2. The van der Waals surface area contributed by atoms with E-state index in [2.05, 4.69) is 4.74 Å². The van der Waals surface area contributed by atoms with Crippen molar-refractivity contribution < 1.29 is 14.3 Å². The minimum absolute atomic E-state index is 0. The summed E-state index contributed by atoms with van der Waals surface area (Å²) in [5, 5.41) is 0. The van der Waals surface area contributed by atoms with Crippen molar-refractivity contribution in [1.82, 2.24) is 0 Å². The fourth-order valence-electron chi connectivity index (χ4n) is 1.87. The van der Waals surface area contributed by atoms with E-state index in [9.17, 15) is 9.59 Å². The third-order valence-electron chi connectivity index (χ3n) is 2.74. The number of esters is 1. The topological polar surface area (TPSA) is 69.4 Å². The first kappa shape index (κ1) is 14.4. The fourth-order valence-corrected chi connectivity index (χ4v) is 1.87. The van der Waals surface area contributed by atoms with Crippen LogP contribution in [-0.2, 0) is 14.3 Å². The molecular weight excluding hydrogens is 218 g/mol. The normalized spacial score (nSPS) is 18.0. The van der Waals surface area contributed by atoms with Crippen LogP contribution >= 0.6 is 12.4 Å². The van der Waals surface area contributed by atoms with E-state index in [-0.39, 0.29) is 30.5 Å². The number of ketones is 1. The van der Waals surface area contributed by atoms with Gasteiger partial charge in [-0.1, -0.05) is 12.8 Å². The van der Waals surface area contributed by atoms with E-state index >= 15 is 0 Å². The van der Waals surface area contributed by atoms with E-state index in [0.29, 0.717) is 0 Å². The summed E-state index contributed by atoms with van der Waals surface area (Å²) in [5.41, 5.74) is 5.50. The number of rotatable bonds is 4. The molecule has 2 N–H and O–H groups in total. The van der Waals surface area contributed by atoms with Crippen molar-refractivity contribution in [2.75, 3.05) is 7.11 Å². The maximum Gasteiger partial charge on any atom is 0.323 e. The molecule has 1 rings (SSSR count). The Morgan fingerprint density at radius 1 is 1.40 bits per heavy atom. The van der Waals surface area contributed by atoms with Crippen LogP contribution in [0.5, 0.6) is 0 Å². The summed E-state index contributed by atoms with van der Waals surface area (Å²) in [4.78, 5) is 22.6. The zero-order valence-electron chi connectivity index (χ0n) is 8.90. The lowest BCUT2D eigenvalue weighted by Crippen LogP contribution is -2.35. The standard InChI is InChI=1S/C10H17NO3.ClH/c1-14-10(13)8(11)6-9(12)7-4-2-3-5-7;/h7-8H,2-6,11H2,1H3;1H. The molecule has 0 radical (unpaired) electrons. The van der Waals surface area contributed by atoms with Crippen LogP contribution in [0.3, 0.4) is 0 Å². The molecule has 0 saturated heterocycles. The first-order chi connectivity index (χ1) is 6.65. The molecule has 1 atom stereocenters. The van der Waals surface area contributed by atoms with Gasteiger partial charge in [0.25, 0.3) is 0 Å². The Balaban J connectivity index is 0.00000196. The van der Waals surface area contributed by atoms with Crippen LogP contribution < -0.4 is 5.73 Å². The fraction of sp³-hybridized carbons (Fsp3) is 0.800. The van der Waals surface area contributed by atoms with Gasteiger partial charge in [0, 0.05) is 12.3 Å². The van der Waals surface area contributed by atoms with Crippen molar-refractivity contribution in [3.8, 4) is 0 Å². The Morgan fingerprint density at radius 3 is 2.40 bits per heavy atom. The van der Waals surface area contributed by atoms with Crippen molar-refractivity contribution >= 4 is 24.2 Å². The monoisotopic (exact) mass is 235 g/mol. The van der Waals surface area contributed by atoms with Gasteiger partial charge in [0.05, 0.1) is 7.11 Å². The molecule has 0 aliphatic heterocycles. The summed E-state index contributed by atoms with van der Waals surface area (Å²) in [6.45, 7) is 0. The molecule has 0 heterocycles. The van der Waals surface area contributed by atoms with Gasteiger partial charge in [0.15, 0.2) is 0 Å². The average molecular weight is 236 g/mol. The van der Waals surface area contributed by atoms with E-state index in [1.54, 1.807) is 0 Å².